The summed E-state index contributed by atoms with van der Waals surface area (Å²) in [6, 6.07) is 0. The van der Waals surface area contributed by atoms with Gasteiger partial charge < -0.3 is 14.7 Å². The lowest BCUT2D eigenvalue weighted by Crippen LogP contribution is -2.37. The van der Waals surface area contributed by atoms with Crippen molar-refractivity contribution in [3.63, 3.8) is 0 Å². The van der Waals surface area contributed by atoms with E-state index in [1.54, 1.807) is 12.4 Å². The molecule has 0 spiro atoms. The van der Waals surface area contributed by atoms with E-state index in [-0.39, 0.29) is 6.42 Å². The molecule has 0 aromatic carbocycles. The molecule has 0 radical (unpaired) electrons. The van der Waals surface area contributed by atoms with Crippen molar-refractivity contribution in [1.82, 2.24) is 9.97 Å². The van der Waals surface area contributed by atoms with Crippen LogP contribution in [-0.2, 0) is 16.0 Å². The van der Waals surface area contributed by atoms with Gasteiger partial charge >= 0.3 is 5.97 Å². The van der Waals surface area contributed by atoms with Crippen LogP contribution in [0.4, 0.5) is 5.95 Å². The van der Waals surface area contributed by atoms with E-state index in [1.807, 2.05) is 0 Å². The van der Waals surface area contributed by atoms with Crippen molar-refractivity contribution in [1.29, 1.82) is 0 Å². The van der Waals surface area contributed by atoms with Crippen molar-refractivity contribution in [2.45, 2.75) is 12.8 Å². The molecule has 1 saturated heterocycles. The summed E-state index contributed by atoms with van der Waals surface area (Å²) in [6.07, 6.45) is 3.97. The third-order valence-electron chi connectivity index (χ3n) is 2.61. The van der Waals surface area contributed by atoms with Gasteiger partial charge in [0.1, 0.15) is 0 Å². The number of carboxylic acid groups (broad SMARTS) is 1. The van der Waals surface area contributed by atoms with Crippen LogP contribution < -0.4 is 4.90 Å². The molecule has 0 bridgehead atoms. The molecule has 1 aliphatic rings. The smallest absolute Gasteiger partial charge is 0.303 e. The van der Waals surface area contributed by atoms with Crippen LogP contribution in [0.3, 0.4) is 0 Å². The van der Waals surface area contributed by atoms with E-state index in [4.69, 9.17) is 9.84 Å². The first-order valence-electron chi connectivity index (χ1n) is 5.61. The van der Waals surface area contributed by atoms with E-state index in [9.17, 15) is 4.79 Å². The third-order valence-corrected chi connectivity index (χ3v) is 2.61. The van der Waals surface area contributed by atoms with E-state index < -0.39 is 5.97 Å². The molecule has 2 rings (SSSR count). The summed E-state index contributed by atoms with van der Waals surface area (Å²) in [5, 5.41) is 8.57. The predicted molar refractivity (Wildman–Crippen MR) is 61.0 cm³/mol. The second kappa shape index (κ2) is 5.58. The highest BCUT2D eigenvalue weighted by Crippen LogP contribution is 2.10. The number of morpholine rings is 1. The zero-order valence-corrected chi connectivity index (χ0v) is 9.50. The highest BCUT2D eigenvalue weighted by Gasteiger charge is 2.13. The van der Waals surface area contributed by atoms with Crippen molar-refractivity contribution in [3.8, 4) is 0 Å². The SMILES string of the molecule is O=C(O)CCc1cnc(N2CCOCC2)nc1. The largest absolute Gasteiger partial charge is 0.481 e. The van der Waals surface area contributed by atoms with Gasteiger partial charge in [-0.05, 0) is 12.0 Å². The fourth-order valence-electron chi connectivity index (χ4n) is 1.65. The summed E-state index contributed by atoms with van der Waals surface area (Å²) in [6.45, 7) is 3.00. The molecule has 6 nitrogen and oxygen atoms in total. The molecule has 2 heterocycles. The predicted octanol–water partition coefficient (Wildman–Crippen LogP) is 0.330. The quantitative estimate of drug-likeness (QED) is 0.813. The Morgan fingerprint density at radius 3 is 2.59 bits per heavy atom. The van der Waals surface area contributed by atoms with Gasteiger partial charge in [-0.3, -0.25) is 4.79 Å². The fraction of sp³-hybridized carbons (Fsp3) is 0.545. The van der Waals surface area contributed by atoms with E-state index in [1.165, 1.54) is 0 Å². The molecule has 0 aliphatic carbocycles. The minimum Gasteiger partial charge on any atom is -0.481 e. The van der Waals surface area contributed by atoms with Crippen molar-refractivity contribution >= 4 is 11.9 Å². The number of anilines is 1. The van der Waals surface area contributed by atoms with Crippen molar-refractivity contribution in [3.05, 3.63) is 18.0 Å². The van der Waals surface area contributed by atoms with Gasteiger partial charge in [0.05, 0.1) is 13.2 Å². The first kappa shape index (κ1) is 11.8. The number of aromatic nitrogens is 2. The number of aliphatic carboxylic acids is 1. The number of nitrogens with zero attached hydrogens (tertiary/aromatic N) is 3. The van der Waals surface area contributed by atoms with Crippen LogP contribution in [0.2, 0.25) is 0 Å². The normalized spacial score (nSPS) is 15.9. The molecule has 0 atom stereocenters. The Kier molecular flexibility index (Phi) is 3.87. The zero-order chi connectivity index (χ0) is 12.1. The minimum atomic E-state index is -0.803. The Hall–Kier alpha value is -1.69. The monoisotopic (exact) mass is 237 g/mol. The minimum absolute atomic E-state index is 0.111. The number of hydrogen-bond donors (Lipinski definition) is 1. The molecule has 1 N–H and O–H groups in total. The van der Waals surface area contributed by atoms with Crippen LogP contribution >= 0.6 is 0 Å². The van der Waals surface area contributed by atoms with Crippen LogP contribution in [0, 0.1) is 0 Å². The standard InChI is InChI=1S/C11H15N3O3/c15-10(16)2-1-9-7-12-11(13-8-9)14-3-5-17-6-4-14/h7-8H,1-6H2,(H,15,16). The highest BCUT2D eigenvalue weighted by molar-refractivity contribution is 5.67. The summed E-state index contributed by atoms with van der Waals surface area (Å²) in [4.78, 5) is 21.0. The van der Waals surface area contributed by atoms with E-state index in [0.29, 0.717) is 25.6 Å². The van der Waals surface area contributed by atoms with Gasteiger partial charge in [0, 0.05) is 31.9 Å². The molecule has 1 fully saturated rings. The Labute approximate surface area is 99.2 Å². The van der Waals surface area contributed by atoms with Crippen LogP contribution in [0.1, 0.15) is 12.0 Å². The highest BCUT2D eigenvalue weighted by atomic mass is 16.5. The Morgan fingerprint density at radius 2 is 2.00 bits per heavy atom. The molecule has 1 aliphatic heterocycles. The van der Waals surface area contributed by atoms with Crippen LogP contribution in [0.15, 0.2) is 12.4 Å². The molecule has 0 amide bonds. The number of ether oxygens (including phenoxy) is 1. The Bertz CT molecular complexity index is 374. The molecule has 6 heteroatoms. The second-order valence-corrected chi connectivity index (χ2v) is 3.88. The molecule has 0 saturated carbocycles. The van der Waals surface area contributed by atoms with E-state index in [2.05, 4.69) is 14.9 Å². The van der Waals surface area contributed by atoms with Crippen LogP contribution in [0.5, 0.6) is 0 Å². The lowest BCUT2D eigenvalue weighted by atomic mass is 10.2. The van der Waals surface area contributed by atoms with E-state index in [0.717, 1.165) is 18.7 Å². The molecular formula is C11H15N3O3. The summed E-state index contributed by atoms with van der Waals surface area (Å²) in [5.74, 6) is -0.116. The maximum absolute atomic E-state index is 10.4. The lowest BCUT2D eigenvalue weighted by Gasteiger charge is -2.26. The third kappa shape index (κ3) is 3.39. The first-order valence-corrected chi connectivity index (χ1v) is 5.61. The van der Waals surface area contributed by atoms with Gasteiger partial charge in [0.15, 0.2) is 0 Å². The van der Waals surface area contributed by atoms with Crippen molar-refractivity contribution in [2.75, 3.05) is 31.2 Å². The van der Waals surface area contributed by atoms with Crippen molar-refractivity contribution in [2.24, 2.45) is 0 Å². The number of aryl methyl sites for hydroxylation is 1. The summed E-state index contributed by atoms with van der Waals surface area (Å²) in [5.41, 5.74) is 0.851. The number of carbonyl (C=O) groups is 1. The van der Waals surface area contributed by atoms with Crippen LogP contribution in [0.25, 0.3) is 0 Å². The topological polar surface area (TPSA) is 75.5 Å². The number of rotatable bonds is 4. The first-order chi connectivity index (χ1) is 8.25. The van der Waals surface area contributed by atoms with E-state index >= 15 is 0 Å². The average Bonchev–Trinajstić information content (AvgIpc) is 2.38. The summed E-state index contributed by atoms with van der Waals surface area (Å²) >= 11 is 0. The number of hydrogen-bond acceptors (Lipinski definition) is 5. The summed E-state index contributed by atoms with van der Waals surface area (Å²) < 4.78 is 5.25. The van der Waals surface area contributed by atoms with Crippen molar-refractivity contribution < 1.29 is 14.6 Å². The molecule has 0 unspecified atom stereocenters. The average molecular weight is 237 g/mol. The molecule has 17 heavy (non-hydrogen) atoms. The Morgan fingerprint density at radius 1 is 1.35 bits per heavy atom. The Balaban J connectivity index is 1.94. The second-order valence-electron chi connectivity index (χ2n) is 3.88. The maximum Gasteiger partial charge on any atom is 0.303 e. The molecule has 92 valence electrons. The van der Waals surface area contributed by atoms with Gasteiger partial charge in [-0.1, -0.05) is 0 Å². The lowest BCUT2D eigenvalue weighted by molar-refractivity contribution is -0.136. The molecular weight excluding hydrogens is 222 g/mol. The molecule has 1 aromatic rings. The number of carboxylic acids is 1. The van der Waals surface area contributed by atoms with Gasteiger partial charge in [-0.2, -0.15) is 0 Å². The zero-order valence-electron chi connectivity index (χ0n) is 9.50. The van der Waals surface area contributed by atoms with Crippen LogP contribution in [-0.4, -0.2) is 47.3 Å². The summed E-state index contributed by atoms with van der Waals surface area (Å²) in [7, 11) is 0. The van der Waals surface area contributed by atoms with Gasteiger partial charge in [0.25, 0.3) is 0 Å². The molecule has 1 aromatic heterocycles. The van der Waals surface area contributed by atoms with Gasteiger partial charge in [-0.25, -0.2) is 9.97 Å². The van der Waals surface area contributed by atoms with Gasteiger partial charge in [0.2, 0.25) is 5.95 Å². The fourth-order valence-corrected chi connectivity index (χ4v) is 1.65. The van der Waals surface area contributed by atoms with Gasteiger partial charge in [-0.15, -0.1) is 0 Å². The maximum atomic E-state index is 10.4.